The molecule has 1 aromatic rings. The third-order valence-corrected chi connectivity index (χ3v) is 4.01. The Morgan fingerprint density at radius 2 is 2.00 bits per heavy atom. The van der Waals surface area contributed by atoms with E-state index in [9.17, 15) is 4.79 Å². The molecule has 4 nitrogen and oxygen atoms in total. The largest absolute Gasteiger partial charge is 0.494 e. The Bertz CT molecular complexity index is 476. The van der Waals surface area contributed by atoms with Crippen LogP contribution in [-0.2, 0) is 4.79 Å². The molecule has 22 heavy (non-hydrogen) atoms. The fourth-order valence-corrected chi connectivity index (χ4v) is 2.61. The van der Waals surface area contributed by atoms with Crippen molar-refractivity contribution in [1.29, 1.82) is 0 Å². The Balaban J connectivity index is 1.76. The van der Waals surface area contributed by atoms with Crippen molar-refractivity contribution in [2.24, 2.45) is 11.0 Å². The number of hydrogen-bond donors (Lipinski definition) is 1. The minimum Gasteiger partial charge on any atom is -0.494 e. The average Bonchev–Trinajstić information content (AvgIpc) is 2.57. The van der Waals surface area contributed by atoms with E-state index in [2.05, 4.69) is 17.5 Å². The summed E-state index contributed by atoms with van der Waals surface area (Å²) in [6, 6.07) is 7.75. The highest BCUT2D eigenvalue weighted by Gasteiger charge is 2.20. The topological polar surface area (TPSA) is 50.7 Å². The number of nitrogens with one attached hydrogen (secondary N) is 1. The van der Waals surface area contributed by atoms with Gasteiger partial charge < -0.3 is 4.74 Å². The van der Waals surface area contributed by atoms with Crippen LogP contribution in [0.4, 0.5) is 0 Å². The maximum Gasteiger partial charge on any atom is 0.243 e. The molecule has 2 rings (SSSR count). The zero-order valence-corrected chi connectivity index (χ0v) is 13.4. The summed E-state index contributed by atoms with van der Waals surface area (Å²) in [5.74, 6) is 1.06. The highest BCUT2D eigenvalue weighted by atomic mass is 16.5. The number of carbonyl (C=O) groups excluding carboxylic acids is 1. The first kappa shape index (κ1) is 16.5. The Morgan fingerprint density at radius 3 is 2.68 bits per heavy atom. The molecule has 1 fully saturated rings. The molecule has 1 N–H and O–H groups in total. The third kappa shape index (κ3) is 5.51. The van der Waals surface area contributed by atoms with E-state index in [0.717, 1.165) is 56.4 Å². The lowest BCUT2D eigenvalue weighted by Crippen LogP contribution is -2.28. The lowest BCUT2D eigenvalue weighted by Gasteiger charge is -2.19. The molecular weight excluding hydrogens is 276 g/mol. The highest BCUT2D eigenvalue weighted by Crippen LogP contribution is 2.23. The Morgan fingerprint density at radius 1 is 1.27 bits per heavy atom. The number of rotatable bonds is 7. The monoisotopic (exact) mass is 302 g/mol. The summed E-state index contributed by atoms with van der Waals surface area (Å²) in [6.07, 6.45) is 9.41. The van der Waals surface area contributed by atoms with Crippen LogP contribution in [0.5, 0.6) is 5.75 Å². The standard InChI is InChI=1S/C18H26N2O2/c1-2-3-13-22-17-11-9-15(10-12-17)14-19-20-18(21)16-7-5-4-6-8-16/h9-12,14,16H,2-8,13H2,1H3,(H,20,21)/b19-14+. The van der Waals surface area contributed by atoms with Crippen LogP contribution in [-0.4, -0.2) is 18.7 Å². The van der Waals surface area contributed by atoms with Gasteiger partial charge in [0.05, 0.1) is 12.8 Å². The molecule has 1 aromatic carbocycles. The second kappa shape index (κ2) is 9.23. The van der Waals surface area contributed by atoms with Gasteiger partial charge in [-0.25, -0.2) is 5.43 Å². The van der Waals surface area contributed by atoms with Crippen LogP contribution in [0.3, 0.4) is 0 Å². The van der Waals surface area contributed by atoms with Gasteiger partial charge >= 0.3 is 0 Å². The molecule has 1 saturated carbocycles. The minimum atomic E-state index is 0.0514. The van der Waals surface area contributed by atoms with Crippen molar-refractivity contribution >= 4 is 12.1 Å². The van der Waals surface area contributed by atoms with Gasteiger partial charge in [-0.05, 0) is 49.1 Å². The molecule has 0 bridgehead atoms. The predicted octanol–water partition coefficient (Wildman–Crippen LogP) is 3.90. The Hall–Kier alpha value is -1.84. The lowest BCUT2D eigenvalue weighted by molar-refractivity contribution is -0.125. The number of unbranched alkanes of at least 4 members (excludes halogenated alkanes) is 1. The Labute approximate surface area is 132 Å². The first-order chi connectivity index (χ1) is 10.8. The quantitative estimate of drug-likeness (QED) is 0.472. The molecule has 1 aliphatic carbocycles. The number of amides is 1. The van der Waals surface area contributed by atoms with Gasteiger partial charge in [0.15, 0.2) is 0 Å². The minimum absolute atomic E-state index is 0.0514. The van der Waals surface area contributed by atoms with Crippen LogP contribution >= 0.6 is 0 Å². The molecule has 0 heterocycles. The summed E-state index contributed by atoms with van der Waals surface area (Å²) in [4.78, 5) is 11.9. The smallest absolute Gasteiger partial charge is 0.243 e. The number of hydrogen-bond acceptors (Lipinski definition) is 3. The molecule has 0 unspecified atom stereocenters. The molecule has 120 valence electrons. The van der Waals surface area contributed by atoms with Crippen molar-refractivity contribution in [3.63, 3.8) is 0 Å². The second-order valence-electron chi connectivity index (χ2n) is 5.84. The van der Waals surface area contributed by atoms with Crippen LogP contribution in [0.1, 0.15) is 57.4 Å². The van der Waals surface area contributed by atoms with Crippen molar-refractivity contribution in [3.05, 3.63) is 29.8 Å². The van der Waals surface area contributed by atoms with Gasteiger partial charge in [0.2, 0.25) is 5.91 Å². The molecule has 4 heteroatoms. The number of ether oxygens (including phenoxy) is 1. The van der Waals surface area contributed by atoms with Gasteiger partial charge in [0, 0.05) is 5.92 Å². The number of hydrazone groups is 1. The maximum atomic E-state index is 11.9. The molecule has 0 aromatic heterocycles. The number of benzene rings is 1. The SMILES string of the molecule is CCCCOc1ccc(/C=N/NC(=O)C2CCCCC2)cc1. The van der Waals surface area contributed by atoms with E-state index in [0.29, 0.717) is 0 Å². The van der Waals surface area contributed by atoms with Crippen molar-refractivity contribution in [2.45, 2.75) is 51.9 Å². The van der Waals surface area contributed by atoms with Gasteiger partial charge in [-0.15, -0.1) is 0 Å². The molecule has 1 aliphatic rings. The van der Waals surface area contributed by atoms with Crippen molar-refractivity contribution in [1.82, 2.24) is 5.43 Å². The normalized spacial score (nSPS) is 15.9. The molecule has 0 aliphatic heterocycles. The number of nitrogens with zero attached hydrogens (tertiary/aromatic N) is 1. The van der Waals surface area contributed by atoms with Gasteiger partial charge in [-0.3, -0.25) is 4.79 Å². The van der Waals surface area contributed by atoms with E-state index < -0.39 is 0 Å². The molecule has 1 amide bonds. The second-order valence-corrected chi connectivity index (χ2v) is 5.84. The van der Waals surface area contributed by atoms with Crippen LogP contribution in [0.2, 0.25) is 0 Å². The summed E-state index contributed by atoms with van der Waals surface area (Å²) in [5, 5.41) is 4.06. The van der Waals surface area contributed by atoms with E-state index in [1.807, 2.05) is 24.3 Å². The zero-order valence-electron chi connectivity index (χ0n) is 13.4. The fourth-order valence-electron chi connectivity index (χ4n) is 2.61. The van der Waals surface area contributed by atoms with E-state index >= 15 is 0 Å². The van der Waals surface area contributed by atoms with Crippen LogP contribution in [0, 0.1) is 5.92 Å². The van der Waals surface area contributed by atoms with Crippen molar-refractivity contribution in [3.8, 4) is 5.75 Å². The van der Waals surface area contributed by atoms with Crippen LogP contribution < -0.4 is 10.2 Å². The average molecular weight is 302 g/mol. The van der Waals surface area contributed by atoms with Crippen LogP contribution in [0.25, 0.3) is 0 Å². The summed E-state index contributed by atoms with van der Waals surface area (Å²) < 4.78 is 5.61. The van der Waals surface area contributed by atoms with Gasteiger partial charge in [0.25, 0.3) is 0 Å². The summed E-state index contributed by atoms with van der Waals surface area (Å²) in [5.41, 5.74) is 3.61. The summed E-state index contributed by atoms with van der Waals surface area (Å²) in [7, 11) is 0. The summed E-state index contributed by atoms with van der Waals surface area (Å²) >= 11 is 0. The predicted molar refractivity (Wildman–Crippen MR) is 89.2 cm³/mol. The Kier molecular flexibility index (Phi) is 6.94. The first-order valence-electron chi connectivity index (χ1n) is 8.35. The summed E-state index contributed by atoms with van der Waals surface area (Å²) in [6.45, 7) is 2.89. The van der Waals surface area contributed by atoms with Crippen molar-refractivity contribution < 1.29 is 9.53 Å². The first-order valence-corrected chi connectivity index (χ1v) is 8.35. The molecule has 0 spiro atoms. The highest BCUT2D eigenvalue weighted by molar-refractivity contribution is 5.83. The van der Waals surface area contributed by atoms with E-state index in [1.165, 1.54) is 6.42 Å². The van der Waals surface area contributed by atoms with Gasteiger partial charge in [0.1, 0.15) is 5.75 Å². The fraction of sp³-hybridized carbons (Fsp3) is 0.556. The van der Waals surface area contributed by atoms with E-state index in [1.54, 1.807) is 6.21 Å². The van der Waals surface area contributed by atoms with Gasteiger partial charge in [-0.1, -0.05) is 32.6 Å². The maximum absolute atomic E-state index is 11.9. The van der Waals surface area contributed by atoms with E-state index in [4.69, 9.17) is 4.74 Å². The molecule has 0 radical (unpaired) electrons. The zero-order chi connectivity index (χ0) is 15.6. The molecule has 0 saturated heterocycles. The third-order valence-electron chi connectivity index (χ3n) is 4.01. The number of carbonyl (C=O) groups is 1. The van der Waals surface area contributed by atoms with Gasteiger partial charge in [-0.2, -0.15) is 5.10 Å². The lowest BCUT2D eigenvalue weighted by atomic mass is 9.89. The molecule has 0 atom stereocenters. The van der Waals surface area contributed by atoms with E-state index in [-0.39, 0.29) is 11.8 Å². The van der Waals surface area contributed by atoms with Crippen molar-refractivity contribution in [2.75, 3.05) is 6.61 Å². The van der Waals surface area contributed by atoms with Crippen LogP contribution in [0.15, 0.2) is 29.4 Å². The molecular formula is C18H26N2O2.